The lowest BCUT2D eigenvalue weighted by molar-refractivity contribution is 0.120. The lowest BCUT2D eigenvalue weighted by atomic mass is 9.68. The normalized spacial score (nSPS) is 35.7. The maximum atomic E-state index is 12.2. The summed E-state index contributed by atoms with van der Waals surface area (Å²) >= 11 is 0.848. The van der Waals surface area contributed by atoms with Crippen molar-refractivity contribution in [2.75, 3.05) is 0 Å². The second-order valence-electron chi connectivity index (χ2n) is 7.91. The van der Waals surface area contributed by atoms with Gasteiger partial charge in [0.15, 0.2) is 0 Å². The Labute approximate surface area is 130 Å². The minimum Gasteiger partial charge on any atom is -0.337 e. The Morgan fingerprint density at radius 3 is 2.71 bits per heavy atom. The van der Waals surface area contributed by atoms with Crippen LogP contribution in [0.5, 0.6) is 0 Å². The Kier molecular flexibility index (Phi) is 2.82. The topological polar surface area (TPSA) is 34.9 Å². The molecule has 3 aliphatic carbocycles. The van der Waals surface area contributed by atoms with Gasteiger partial charge in [0.2, 0.25) is 0 Å². The molecule has 1 spiro atoms. The van der Waals surface area contributed by atoms with Crippen molar-refractivity contribution in [3.8, 4) is 0 Å². The third kappa shape index (κ3) is 1.50. The molecule has 2 atom stereocenters. The smallest absolute Gasteiger partial charge is 0.0946 e. The molecule has 1 aromatic heterocycles. The molecule has 0 saturated heterocycles. The van der Waals surface area contributed by atoms with Crippen molar-refractivity contribution in [3.05, 3.63) is 18.7 Å². The van der Waals surface area contributed by atoms with Gasteiger partial charge in [-0.05, 0) is 37.0 Å². The van der Waals surface area contributed by atoms with Crippen LogP contribution in [0.4, 0.5) is 0 Å². The van der Waals surface area contributed by atoms with Crippen molar-refractivity contribution in [2.45, 2.75) is 58.9 Å². The van der Waals surface area contributed by atoms with Crippen molar-refractivity contribution in [3.63, 3.8) is 0 Å². The molecule has 0 radical (unpaired) electrons. The first kappa shape index (κ1) is 13.7. The molecule has 3 aliphatic rings. The van der Waals surface area contributed by atoms with Gasteiger partial charge in [-0.25, -0.2) is 9.19 Å². The van der Waals surface area contributed by atoms with E-state index < -0.39 is 0 Å². The number of rotatable bonds is 2. The molecule has 0 aromatic carbocycles. The number of fused-ring (bicyclic) bond motifs is 3. The molecule has 2 bridgehead atoms. The highest BCUT2D eigenvalue weighted by Crippen LogP contribution is 2.74. The van der Waals surface area contributed by atoms with Crippen LogP contribution in [0.1, 0.15) is 52.4 Å². The fraction of sp³-hybridized carbons (Fsp3) is 0.765. The second kappa shape index (κ2) is 4.31. The molecule has 21 heavy (non-hydrogen) atoms. The monoisotopic (exact) mass is 304 g/mol. The van der Waals surface area contributed by atoms with E-state index in [0.717, 1.165) is 17.8 Å². The minimum absolute atomic E-state index is 0.0646. The fourth-order valence-corrected chi connectivity index (χ4v) is 7.31. The zero-order valence-corrected chi connectivity index (χ0v) is 13.8. The lowest BCUT2D eigenvalue weighted by Crippen LogP contribution is -2.43. The molecule has 3 saturated carbocycles. The Balaban J connectivity index is 1.86. The SMILES string of the molecule is CC1(C)C2CCC1(Cn1ccnc1)C(=S=O)C21CCCC1. The fourth-order valence-electron chi connectivity index (χ4n) is 6.21. The van der Waals surface area contributed by atoms with E-state index >= 15 is 0 Å². The van der Waals surface area contributed by atoms with E-state index in [-0.39, 0.29) is 16.2 Å². The van der Waals surface area contributed by atoms with Crippen LogP contribution < -0.4 is 0 Å². The summed E-state index contributed by atoms with van der Waals surface area (Å²) in [5.74, 6) is 0.701. The predicted octanol–water partition coefficient (Wildman–Crippen LogP) is 3.27. The standard InChI is InChI=1S/C17H24N2OS/c1-15(2)13-5-8-17(15,11-19-10-9-18-12-19)14(21-20)16(13)6-3-4-7-16/h9-10,12-13H,3-8,11H2,1-2H3. The van der Waals surface area contributed by atoms with Crippen LogP contribution in [0, 0.1) is 22.2 Å². The van der Waals surface area contributed by atoms with E-state index in [0.29, 0.717) is 5.92 Å². The highest BCUT2D eigenvalue weighted by Gasteiger charge is 2.72. The van der Waals surface area contributed by atoms with Crippen LogP contribution >= 0.6 is 0 Å². The molecule has 3 nitrogen and oxygen atoms in total. The summed E-state index contributed by atoms with van der Waals surface area (Å²) in [6, 6.07) is 0. The summed E-state index contributed by atoms with van der Waals surface area (Å²) < 4.78 is 14.3. The average molecular weight is 304 g/mol. The number of imidazole rings is 1. The highest BCUT2D eigenvalue weighted by atomic mass is 32.1. The van der Waals surface area contributed by atoms with Gasteiger partial charge in [0, 0.05) is 34.6 Å². The molecule has 1 aromatic rings. The van der Waals surface area contributed by atoms with E-state index in [9.17, 15) is 4.21 Å². The average Bonchev–Trinajstić information content (AvgIpc) is 3.17. The minimum atomic E-state index is 0.0646. The quantitative estimate of drug-likeness (QED) is 0.786. The van der Waals surface area contributed by atoms with Gasteiger partial charge in [-0.15, -0.1) is 0 Å². The van der Waals surface area contributed by atoms with Gasteiger partial charge in [0.1, 0.15) is 0 Å². The maximum Gasteiger partial charge on any atom is 0.0946 e. The van der Waals surface area contributed by atoms with E-state index in [4.69, 9.17) is 0 Å². The number of aromatic nitrogens is 2. The predicted molar refractivity (Wildman–Crippen MR) is 85.2 cm³/mol. The molecular weight excluding hydrogens is 280 g/mol. The van der Waals surface area contributed by atoms with Crippen LogP contribution in [0.3, 0.4) is 0 Å². The summed E-state index contributed by atoms with van der Waals surface area (Å²) in [4.78, 5) is 5.49. The summed E-state index contributed by atoms with van der Waals surface area (Å²) in [5, 5.41) is 0. The zero-order valence-electron chi connectivity index (χ0n) is 13.0. The van der Waals surface area contributed by atoms with E-state index in [1.165, 1.54) is 43.4 Å². The number of hydrogen-bond donors (Lipinski definition) is 0. The largest absolute Gasteiger partial charge is 0.337 e. The van der Waals surface area contributed by atoms with Gasteiger partial charge < -0.3 is 4.57 Å². The molecule has 0 aliphatic heterocycles. The van der Waals surface area contributed by atoms with Crippen LogP contribution in [0.25, 0.3) is 0 Å². The summed E-state index contributed by atoms with van der Waals surface area (Å²) in [6.45, 7) is 5.78. The first-order chi connectivity index (χ1) is 10.1. The molecule has 1 heterocycles. The molecule has 0 N–H and O–H groups in total. The summed E-state index contributed by atoms with van der Waals surface area (Å²) in [5.41, 5.74) is 0.540. The zero-order chi connectivity index (χ0) is 14.7. The van der Waals surface area contributed by atoms with Crippen LogP contribution in [-0.4, -0.2) is 18.6 Å². The second-order valence-corrected chi connectivity index (χ2v) is 8.48. The Hall–Kier alpha value is -0.900. The number of hydrogen-bond acceptors (Lipinski definition) is 2. The summed E-state index contributed by atoms with van der Waals surface area (Å²) in [6.07, 6.45) is 13.4. The molecular formula is C17H24N2OS. The Morgan fingerprint density at radius 2 is 2.10 bits per heavy atom. The van der Waals surface area contributed by atoms with Crippen molar-refractivity contribution in [1.82, 2.24) is 9.55 Å². The van der Waals surface area contributed by atoms with Gasteiger partial charge in [-0.2, -0.15) is 0 Å². The van der Waals surface area contributed by atoms with Gasteiger partial charge in [0.05, 0.1) is 17.6 Å². The maximum absolute atomic E-state index is 12.2. The lowest BCUT2D eigenvalue weighted by Gasteiger charge is -2.39. The molecule has 4 heteroatoms. The molecule has 4 rings (SSSR count). The van der Waals surface area contributed by atoms with Gasteiger partial charge in [0.25, 0.3) is 0 Å². The molecule has 114 valence electrons. The summed E-state index contributed by atoms with van der Waals surface area (Å²) in [7, 11) is 0. The van der Waals surface area contributed by atoms with Gasteiger partial charge >= 0.3 is 0 Å². The van der Waals surface area contributed by atoms with E-state index in [1.807, 2.05) is 18.7 Å². The Bertz CT molecular complexity index is 609. The van der Waals surface area contributed by atoms with Crippen molar-refractivity contribution >= 4 is 16.1 Å². The van der Waals surface area contributed by atoms with E-state index in [1.54, 1.807) is 0 Å². The first-order valence-corrected chi connectivity index (χ1v) is 8.94. The molecule has 2 unspecified atom stereocenters. The van der Waals surface area contributed by atoms with Gasteiger partial charge in [-0.1, -0.05) is 26.7 Å². The highest BCUT2D eigenvalue weighted by molar-refractivity contribution is 7.66. The van der Waals surface area contributed by atoms with Gasteiger partial charge in [-0.3, -0.25) is 0 Å². The molecule has 0 amide bonds. The van der Waals surface area contributed by atoms with E-state index in [2.05, 4.69) is 23.4 Å². The van der Waals surface area contributed by atoms with Crippen molar-refractivity contribution < 1.29 is 4.21 Å². The van der Waals surface area contributed by atoms with Crippen molar-refractivity contribution in [1.29, 1.82) is 0 Å². The third-order valence-electron chi connectivity index (χ3n) is 7.11. The molecule has 3 fully saturated rings. The first-order valence-electron chi connectivity index (χ1n) is 8.20. The third-order valence-corrected chi connectivity index (χ3v) is 8.07. The van der Waals surface area contributed by atoms with Crippen molar-refractivity contribution in [2.24, 2.45) is 22.2 Å². The van der Waals surface area contributed by atoms with Crippen LogP contribution in [0.2, 0.25) is 0 Å². The Morgan fingerprint density at radius 1 is 1.33 bits per heavy atom. The van der Waals surface area contributed by atoms with Crippen LogP contribution in [-0.2, 0) is 17.8 Å². The van der Waals surface area contributed by atoms with Crippen LogP contribution in [0.15, 0.2) is 18.7 Å². The number of nitrogens with zero attached hydrogens (tertiary/aromatic N) is 2.